The quantitative estimate of drug-likeness (QED) is 0.727. The predicted octanol–water partition coefficient (Wildman–Crippen LogP) is 4.15. The SMILES string of the molecule is CCOC(=O)C(CNCc1ccc(-c2ccccc2C#N)cc1)C(C)C. The minimum atomic E-state index is -0.142. The van der Waals surface area contributed by atoms with E-state index in [9.17, 15) is 10.1 Å². The Kier molecular flexibility index (Phi) is 7.37. The van der Waals surface area contributed by atoms with Gasteiger partial charge in [0.2, 0.25) is 0 Å². The van der Waals surface area contributed by atoms with Gasteiger partial charge in [0, 0.05) is 13.1 Å². The number of carbonyl (C=O) groups excluding carboxylic acids is 1. The summed E-state index contributed by atoms with van der Waals surface area (Å²) in [4.78, 5) is 12.0. The van der Waals surface area contributed by atoms with Crippen molar-refractivity contribution in [1.29, 1.82) is 5.26 Å². The molecule has 0 saturated heterocycles. The van der Waals surface area contributed by atoms with Crippen molar-refractivity contribution in [3.05, 3.63) is 59.7 Å². The molecule has 0 heterocycles. The first-order chi connectivity index (χ1) is 12.6. The van der Waals surface area contributed by atoms with E-state index in [0.717, 1.165) is 16.7 Å². The second-order valence-corrected chi connectivity index (χ2v) is 6.59. The van der Waals surface area contributed by atoms with Crippen LogP contribution in [-0.2, 0) is 16.1 Å². The van der Waals surface area contributed by atoms with Crippen molar-refractivity contribution in [2.24, 2.45) is 11.8 Å². The summed E-state index contributed by atoms with van der Waals surface area (Å²) in [5.41, 5.74) is 3.77. The van der Waals surface area contributed by atoms with Gasteiger partial charge in [0.1, 0.15) is 0 Å². The van der Waals surface area contributed by atoms with E-state index < -0.39 is 0 Å². The average molecular weight is 350 g/mol. The normalized spacial score (nSPS) is 11.8. The van der Waals surface area contributed by atoms with Gasteiger partial charge in [-0.05, 0) is 35.6 Å². The second kappa shape index (κ2) is 9.74. The number of ether oxygens (including phenoxy) is 1. The van der Waals surface area contributed by atoms with Gasteiger partial charge in [-0.3, -0.25) is 4.79 Å². The van der Waals surface area contributed by atoms with Crippen LogP contribution in [0.5, 0.6) is 0 Å². The van der Waals surface area contributed by atoms with Crippen molar-refractivity contribution in [1.82, 2.24) is 5.32 Å². The van der Waals surface area contributed by atoms with Crippen LogP contribution < -0.4 is 5.32 Å². The Morgan fingerprint density at radius 1 is 1.15 bits per heavy atom. The Bertz CT molecular complexity index is 760. The summed E-state index contributed by atoms with van der Waals surface area (Å²) in [7, 11) is 0. The van der Waals surface area contributed by atoms with E-state index >= 15 is 0 Å². The van der Waals surface area contributed by atoms with E-state index in [-0.39, 0.29) is 17.8 Å². The second-order valence-electron chi connectivity index (χ2n) is 6.59. The summed E-state index contributed by atoms with van der Waals surface area (Å²) < 4.78 is 5.15. The number of nitrogens with zero attached hydrogens (tertiary/aromatic N) is 1. The molecule has 0 fully saturated rings. The van der Waals surface area contributed by atoms with Crippen LogP contribution in [0.25, 0.3) is 11.1 Å². The molecular formula is C22H26N2O2. The van der Waals surface area contributed by atoms with Gasteiger partial charge in [-0.15, -0.1) is 0 Å². The zero-order chi connectivity index (χ0) is 18.9. The standard InChI is InChI=1S/C22H26N2O2/c1-4-26-22(25)21(16(2)3)15-24-14-17-9-11-18(12-10-17)20-8-6-5-7-19(20)13-23/h5-12,16,21,24H,4,14-15H2,1-3H3. The lowest BCUT2D eigenvalue weighted by Crippen LogP contribution is -2.33. The number of nitriles is 1. The minimum absolute atomic E-state index is 0.140. The largest absolute Gasteiger partial charge is 0.466 e. The summed E-state index contributed by atoms with van der Waals surface area (Å²) in [6.07, 6.45) is 0. The topological polar surface area (TPSA) is 62.1 Å². The Morgan fingerprint density at radius 3 is 2.46 bits per heavy atom. The fraction of sp³-hybridized carbons (Fsp3) is 0.364. The van der Waals surface area contributed by atoms with Crippen molar-refractivity contribution in [3.8, 4) is 17.2 Å². The third-order valence-corrected chi connectivity index (χ3v) is 4.40. The molecule has 26 heavy (non-hydrogen) atoms. The lowest BCUT2D eigenvalue weighted by atomic mass is 9.95. The van der Waals surface area contributed by atoms with E-state index in [4.69, 9.17) is 4.74 Å². The van der Waals surface area contributed by atoms with Crippen molar-refractivity contribution in [2.75, 3.05) is 13.2 Å². The molecule has 1 N–H and O–H groups in total. The van der Waals surface area contributed by atoms with Crippen LogP contribution in [0.15, 0.2) is 48.5 Å². The molecule has 2 rings (SSSR count). The first-order valence-corrected chi connectivity index (χ1v) is 9.02. The van der Waals surface area contributed by atoms with Crippen LogP contribution in [0.1, 0.15) is 31.9 Å². The smallest absolute Gasteiger partial charge is 0.310 e. The van der Waals surface area contributed by atoms with Gasteiger partial charge in [-0.2, -0.15) is 5.26 Å². The Hall–Kier alpha value is -2.64. The number of carbonyl (C=O) groups is 1. The van der Waals surface area contributed by atoms with Crippen LogP contribution >= 0.6 is 0 Å². The fourth-order valence-corrected chi connectivity index (χ4v) is 2.85. The van der Waals surface area contributed by atoms with Gasteiger partial charge in [0.25, 0.3) is 0 Å². The van der Waals surface area contributed by atoms with Crippen molar-refractivity contribution < 1.29 is 9.53 Å². The molecule has 2 aromatic carbocycles. The highest BCUT2D eigenvalue weighted by Gasteiger charge is 2.22. The highest BCUT2D eigenvalue weighted by atomic mass is 16.5. The number of benzene rings is 2. The molecule has 0 spiro atoms. The molecule has 136 valence electrons. The fourth-order valence-electron chi connectivity index (χ4n) is 2.85. The molecule has 0 amide bonds. The Morgan fingerprint density at radius 2 is 1.85 bits per heavy atom. The van der Waals surface area contributed by atoms with Gasteiger partial charge >= 0.3 is 5.97 Å². The zero-order valence-corrected chi connectivity index (χ0v) is 15.7. The first-order valence-electron chi connectivity index (χ1n) is 9.02. The molecule has 1 unspecified atom stereocenters. The molecule has 0 aliphatic heterocycles. The van der Waals surface area contributed by atoms with Gasteiger partial charge in [0.05, 0.1) is 24.2 Å². The van der Waals surface area contributed by atoms with Crippen molar-refractivity contribution in [3.63, 3.8) is 0 Å². The average Bonchev–Trinajstić information content (AvgIpc) is 2.65. The Balaban J connectivity index is 1.97. The summed E-state index contributed by atoms with van der Waals surface area (Å²) in [6.45, 7) is 7.58. The van der Waals surface area contributed by atoms with Gasteiger partial charge in [0.15, 0.2) is 0 Å². The third-order valence-electron chi connectivity index (χ3n) is 4.40. The maximum atomic E-state index is 12.0. The first kappa shape index (κ1) is 19.7. The summed E-state index contributed by atoms with van der Waals surface area (Å²) in [5.74, 6) is -0.0541. The van der Waals surface area contributed by atoms with E-state index in [2.05, 4.69) is 11.4 Å². The molecule has 0 aromatic heterocycles. The molecule has 0 radical (unpaired) electrons. The maximum Gasteiger partial charge on any atom is 0.310 e. The van der Waals surface area contributed by atoms with Crippen LogP contribution in [0.4, 0.5) is 0 Å². The van der Waals surface area contributed by atoms with Crippen LogP contribution in [-0.4, -0.2) is 19.1 Å². The molecule has 0 bridgehead atoms. The zero-order valence-electron chi connectivity index (χ0n) is 15.7. The van der Waals surface area contributed by atoms with Gasteiger partial charge in [-0.1, -0.05) is 56.3 Å². The highest BCUT2D eigenvalue weighted by Crippen LogP contribution is 2.23. The summed E-state index contributed by atoms with van der Waals surface area (Å²) >= 11 is 0. The maximum absolute atomic E-state index is 12.0. The van der Waals surface area contributed by atoms with Gasteiger partial charge < -0.3 is 10.1 Å². The summed E-state index contributed by atoms with van der Waals surface area (Å²) in [5, 5.41) is 12.6. The van der Waals surface area contributed by atoms with E-state index in [1.165, 1.54) is 0 Å². The molecule has 0 aliphatic rings. The van der Waals surface area contributed by atoms with E-state index in [0.29, 0.717) is 25.3 Å². The molecule has 2 aromatic rings. The monoisotopic (exact) mass is 350 g/mol. The lowest BCUT2D eigenvalue weighted by Gasteiger charge is -2.19. The lowest BCUT2D eigenvalue weighted by molar-refractivity contribution is -0.149. The molecule has 0 saturated carbocycles. The van der Waals surface area contributed by atoms with Crippen LogP contribution in [0.2, 0.25) is 0 Å². The van der Waals surface area contributed by atoms with Crippen molar-refractivity contribution >= 4 is 5.97 Å². The van der Waals surface area contributed by atoms with Crippen LogP contribution in [0.3, 0.4) is 0 Å². The number of hydrogen-bond donors (Lipinski definition) is 1. The number of nitrogens with one attached hydrogen (secondary N) is 1. The number of rotatable bonds is 8. The van der Waals surface area contributed by atoms with Crippen molar-refractivity contribution in [2.45, 2.75) is 27.3 Å². The predicted molar refractivity (Wildman–Crippen MR) is 103 cm³/mol. The molecule has 1 atom stereocenters. The molecule has 0 aliphatic carbocycles. The van der Waals surface area contributed by atoms with E-state index in [1.54, 1.807) is 0 Å². The molecule has 4 nitrogen and oxygen atoms in total. The number of esters is 1. The highest BCUT2D eigenvalue weighted by molar-refractivity contribution is 5.73. The molecular weight excluding hydrogens is 324 g/mol. The summed E-state index contributed by atoms with van der Waals surface area (Å²) in [6, 6.07) is 18.0. The minimum Gasteiger partial charge on any atom is -0.466 e. The van der Waals surface area contributed by atoms with Crippen LogP contribution in [0, 0.1) is 23.2 Å². The number of hydrogen-bond acceptors (Lipinski definition) is 4. The van der Waals surface area contributed by atoms with Gasteiger partial charge in [-0.25, -0.2) is 0 Å². The van der Waals surface area contributed by atoms with E-state index in [1.807, 2.05) is 69.3 Å². The Labute approximate surface area is 155 Å². The third kappa shape index (κ3) is 5.18. The molecule has 4 heteroatoms.